The van der Waals surface area contributed by atoms with E-state index < -0.39 is 0 Å². The Morgan fingerprint density at radius 3 is 3.06 bits per heavy atom. The summed E-state index contributed by atoms with van der Waals surface area (Å²) in [5, 5.41) is 8.30. The molecule has 1 aliphatic rings. The first-order valence-corrected chi connectivity index (χ1v) is 5.51. The van der Waals surface area contributed by atoms with Crippen LogP contribution in [0.3, 0.4) is 0 Å². The second kappa shape index (κ2) is 3.85. The Kier molecular flexibility index (Phi) is 2.32. The molecule has 0 saturated carbocycles. The van der Waals surface area contributed by atoms with Gasteiger partial charge in [0.1, 0.15) is 23.5 Å². The first kappa shape index (κ1) is 10.3. The molecule has 2 N–H and O–H groups in total. The van der Waals surface area contributed by atoms with Gasteiger partial charge in [-0.3, -0.25) is 0 Å². The van der Waals surface area contributed by atoms with Gasteiger partial charge in [0.05, 0.1) is 6.54 Å². The molecule has 1 aliphatic heterocycles. The summed E-state index contributed by atoms with van der Waals surface area (Å²) in [4.78, 5) is 10.0. The molecule has 17 heavy (non-hydrogen) atoms. The van der Waals surface area contributed by atoms with E-state index >= 15 is 0 Å². The van der Waals surface area contributed by atoms with Crippen LogP contribution in [-0.4, -0.2) is 31.3 Å². The molecule has 0 aliphatic carbocycles. The Hall–Kier alpha value is -1.89. The van der Waals surface area contributed by atoms with Crippen LogP contribution in [-0.2, 0) is 13.1 Å². The second-order valence-electron chi connectivity index (χ2n) is 3.76. The molecular formula is C9H10ClN7. The molecule has 3 heterocycles. The summed E-state index contributed by atoms with van der Waals surface area (Å²) in [7, 11) is 0. The average molecular weight is 252 g/mol. The Bertz CT molecular complexity index is 552. The third-order valence-corrected chi connectivity index (χ3v) is 3.10. The van der Waals surface area contributed by atoms with Crippen molar-refractivity contribution in [2.75, 3.05) is 17.2 Å². The number of hydrogen-bond acceptors (Lipinski definition) is 6. The maximum Gasteiger partial charge on any atom is 0.153 e. The topological polar surface area (TPSA) is 85.8 Å². The minimum absolute atomic E-state index is 0.295. The van der Waals surface area contributed by atoms with Gasteiger partial charge in [0.2, 0.25) is 0 Å². The van der Waals surface area contributed by atoms with Crippen LogP contribution in [0.4, 0.5) is 11.6 Å². The van der Waals surface area contributed by atoms with Gasteiger partial charge >= 0.3 is 0 Å². The van der Waals surface area contributed by atoms with Gasteiger partial charge in [-0.15, -0.1) is 10.2 Å². The molecule has 88 valence electrons. The molecule has 0 unspecified atom stereocenters. The van der Waals surface area contributed by atoms with Crippen LogP contribution in [0, 0.1) is 0 Å². The van der Waals surface area contributed by atoms with Gasteiger partial charge in [0, 0.05) is 13.1 Å². The molecule has 0 saturated heterocycles. The molecule has 3 rings (SSSR count). The number of aromatic nitrogens is 5. The Morgan fingerprint density at radius 1 is 1.29 bits per heavy atom. The first-order valence-electron chi connectivity index (χ1n) is 5.13. The zero-order chi connectivity index (χ0) is 11.8. The molecule has 0 amide bonds. The fourth-order valence-electron chi connectivity index (χ4n) is 1.84. The van der Waals surface area contributed by atoms with E-state index in [2.05, 4.69) is 20.2 Å². The number of anilines is 2. The molecule has 0 atom stereocenters. The SMILES string of the molecule is Nc1ncnc(N2CCn3cnnc3C2)c1Cl. The van der Waals surface area contributed by atoms with Gasteiger partial charge in [0.25, 0.3) is 0 Å². The predicted molar refractivity (Wildman–Crippen MR) is 62.5 cm³/mol. The number of nitrogen functional groups attached to an aromatic ring is 1. The summed E-state index contributed by atoms with van der Waals surface area (Å²) in [6.45, 7) is 2.22. The van der Waals surface area contributed by atoms with Crippen molar-refractivity contribution in [1.29, 1.82) is 0 Å². The Balaban J connectivity index is 1.94. The molecular weight excluding hydrogens is 242 g/mol. The standard InChI is InChI=1S/C9H10ClN7/c10-7-8(11)12-4-13-9(7)16-1-2-17-5-14-15-6(17)3-16/h4-5H,1-3H2,(H2,11,12,13). The summed E-state index contributed by atoms with van der Waals surface area (Å²) in [5.74, 6) is 1.83. The van der Waals surface area contributed by atoms with E-state index in [1.807, 2.05) is 9.47 Å². The van der Waals surface area contributed by atoms with Crippen molar-refractivity contribution in [2.45, 2.75) is 13.1 Å². The fraction of sp³-hybridized carbons (Fsp3) is 0.333. The molecule has 0 fully saturated rings. The van der Waals surface area contributed by atoms with E-state index in [-0.39, 0.29) is 0 Å². The van der Waals surface area contributed by atoms with Crippen LogP contribution in [0.15, 0.2) is 12.7 Å². The molecule has 0 aromatic carbocycles. The van der Waals surface area contributed by atoms with Crippen molar-refractivity contribution < 1.29 is 0 Å². The van der Waals surface area contributed by atoms with Crippen molar-refractivity contribution in [2.24, 2.45) is 0 Å². The molecule has 0 radical (unpaired) electrons. The van der Waals surface area contributed by atoms with Crippen LogP contribution in [0.1, 0.15) is 5.82 Å². The first-order chi connectivity index (χ1) is 8.25. The van der Waals surface area contributed by atoms with Gasteiger partial charge in [-0.2, -0.15) is 0 Å². The summed E-state index contributed by atoms with van der Waals surface area (Å²) < 4.78 is 2.01. The van der Waals surface area contributed by atoms with Gasteiger partial charge in [-0.1, -0.05) is 11.6 Å². The summed E-state index contributed by atoms with van der Waals surface area (Å²) in [6.07, 6.45) is 3.14. The molecule has 7 nitrogen and oxygen atoms in total. The lowest BCUT2D eigenvalue weighted by Gasteiger charge is -2.28. The largest absolute Gasteiger partial charge is 0.382 e. The number of halogens is 1. The van der Waals surface area contributed by atoms with E-state index in [1.54, 1.807) is 6.33 Å². The highest BCUT2D eigenvalue weighted by Crippen LogP contribution is 2.28. The number of rotatable bonds is 1. The lowest BCUT2D eigenvalue weighted by Crippen LogP contribution is -2.34. The average Bonchev–Trinajstić information content (AvgIpc) is 2.79. The van der Waals surface area contributed by atoms with Gasteiger partial charge in [0.15, 0.2) is 11.6 Å². The van der Waals surface area contributed by atoms with Crippen LogP contribution < -0.4 is 10.6 Å². The van der Waals surface area contributed by atoms with E-state index in [1.165, 1.54) is 6.33 Å². The van der Waals surface area contributed by atoms with Crippen molar-refractivity contribution in [1.82, 2.24) is 24.7 Å². The Labute approximate surface area is 102 Å². The fourth-order valence-corrected chi connectivity index (χ4v) is 2.06. The highest BCUT2D eigenvalue weighted by atomic mass is 35.5. The van der Waals surface area contributed by atoms with Crippen LogP contribution >= 0.6 is 11.6 Å². The van der Waals surface area contributed by atoms with Crippen LogP contribution in [0.25, 0.3) is 0 Å². The minimum Gasteiger partial charge on any atom is -0.382 e. The summed E-state index contributed by atoms with van der Waals surface area (Å²) >= 11 is 6.09. The van der Waals surface area contributed by atoms with E-state index in [4.69, 9.17) is 17.3 Å². The van der Waals surface area contributed by atoms with E-state index in [0.717, 1.165) is 18.9 Å². The normalized spacial score (nSPS) is 14.8. The zero-order valence-corrected chi connectivity index (χ0v) is 9.67. The number of nitrogens with zero attached hydrogens (tertiary/aromatic N) is 6. The van der Waals surface area contributed by atoms with Gasteiger partial charge < -0.3 is 15.2 Å². The number of hydrogen-bond donors (Lipinski definition) is 1. The maximum atomic E-state index is 6.09. The third kappa shape index (κ3) is 1.68. The highest BCUT2D eigenvalue weighted by molar-refractivity contribution is 6.35. The highest BCUT2D eigenvalue weighted by Gasteiger charge is 2.21. The second-order valence-corrected chi connectivity index (χ2v) is 4.14. The van der Waals surface area contributed by atoms with Crippen molar-refractivity contribution in [3.8, 4) is 0 Å². The summed E-state index contributed by atoms with van der Waals surface area (Å²) in [6, 6.07) is 0. The van der Waals surface area contributed by atoms with Crippen molar-refractivity contribution in [3.63, 3.8) is 0 Å². The number of fused-ring (bicyclic) bond motifs is 1. The smallest absolute Gasteiger partial charge is 0.153 e. The van der Waals surface area contributed by atoms with Gasteiger partial charge in [-0.25, -0.2) is 9.97 Å². The lowest BCUT2D eigenvalue weighted by atomic mass is 10.3. The number of nitrogens with two attached hydrogens (primary N) is 1. The van der Waals surface area contributed by atoms with E-state index in [9.17, 15) is 0 Å². The third-order valence-electron chi connectivity index (χ3n) is 2.74. The van der Waals surface area contributed by atoms with Crippen LogP contribution in [0.5, 0.6) is 0 Å². The maximum absolute atomic E-state index is 6.09. The summed E-state index contributed by atoms with van der Waals surface area (Å²) in [5.41, 5.74) is 5.66. The molecule has 2 aromatic rings. The Morgan fingerprint density at radius 2 is 2.18 bits per heavy atom. The monoisotopic (exact) mass is 251 g/mol. The quantitative estimate of drug-likeness (QED) is 0.786. The van der Waals surface area contributed by atoms with Gasteiger partial charge in [-0.05, 0) is 0 Å². The minimum atomic E-state index is 0.295. The van der Waals surface area contributed by atoms with Crippen molar-refractivity contribution in [3.05, 3.63) is 23.5 Å². The van der Waals surface area contributed by atoms with E-state index in [0.29, 0.717) is 23.2 Å². The molecule has 0 bridgehead atoms. The van der Waals surface area contributed by atoms with Crippen LogP contribution in [0.2, 0.25) is 5.02 Å². The molecule has 0 spiro atoms. The van der Waals surface area contributed by atoms with Crippen molar-refractivity contribution >= 4 is 23.2 Å². The molecule has 2 aromatic heterocycles. The predicted octanol–water partition coefficient (Wildman–Crippen LogP) is 0.324. The zero-order valence-electron chi connectivity index (χ0n) is 8.91. The lowest BCUT2D eigenvalue weighted by molar-refractivity contribution is 0.556. The molecule has 8 heteroatoms.